The third-order valence-electron chi connectivity index (χ3n) is 2.10. The summed E-state index contributed by atoms with van der Waals surface area (Å²) in [7, 11) is 2.07. The molecule has 16 heavy (non-hydrogen) atoms. The van der Waals surface area contributed by atoms with Crippen LogP contribution in [0.25, 0.3) is 0 Å². The van der Waals surface area contributed by atoms with Crippen LogP contribution >= 0.6 is 15.9 Å². The van der Waals surface area contributed by atoms with Gasteiger partial charge in [0.25, 0.3) is 0 Å². The summed E-state index contributed by atoms with van der Waals surface area (Å²) < 4.78 is 6.45. The molecular weight excluding hydrogens is 266 g/mol. The number of nitrogens with zero attached hydrogens (tertiary/aromatic N) is 1. The Balaban J connectivity index is 0.00000106. The van der Waals surface area contributed by atoms with E-state index >= 15 is 0 Å². The molecule has 0 unspecified atom stereocenters. The molecule has 0 aromatic heterocycles. The molecule has 0 spiro atoms. The van der Waals surface area contributed by atoms with Gasteiger partial charge >= 0.3 is 0 Å². The van der Waals surface area contributed by atoms with Crippen molar-refractivity contribution in [1.82, 2.24) is 4.90 Å². The summed E-state index contributed by atoms with van der Waals surface area (Å²) in [6.45, 7) is 11.6. The largest absolute Gasteiger partial charge is 0.490 e. The van der Waals surface area contributed by atoms with Crippen molar-refractivity contribution in [3.63, 3.8) is 0 Å². The fourth-order valence-corrected chi connectivity index (χ4v) is 1.74. The highest BCUT2D eigenvalue weighted by molar-refractivity contribution is 9.11. The van der Waals surface area contributed by atoms with E-state index in [9.17, 15) is 0 Å². The number of hydrogen-bond donors (Lipinski definition) is 0. The summed E-state index contributed by atoms with van der Waals surface area (Å²) in [5.74, 6) is 0.850. The van der Waals surface area contributed by atoms with Crippen LogP contribution < -0.4 is 0 Å². The minimum Gasteiger partial charge on any atom is -0.490 e. The van der Waals surface area contributed by atoms with Gasteiger partial charge in [0.1, 0.15) is 0 Å². The molecule has 0 atom stereocenters. The molecule has 1 heterocycles. The average Bonchev–Trinajstić information content (AvgIpc) is 2.45. The molecule has 0 amide bonds. The van der Waals surface area contributed by atoms with Crippen LogP contribution in [0.3, 0.4) is 0 Å². The predicted octanol–water partition coefficient (Wildman–Crippen LogP) is 4.06. The van der Waals surface area contributed by atoms with Crippen LogP contribution in [0, 0.1) is 0 Å². The summed E-state index contributed by atoms with van der Waals surface area (Å²) in [6, 6.07) is 0. The fourth-order valence-electron chi connectivity index (χ4n) is 1.42. The first-order chi connectivity index (χ1) is 7.66. The first-order valence-electron chi connectivity index (χ1n) is 5.72. The van der Waals surface area contributed by atoms with Gasteiger partial charge in [-0.3, -0.25) is 0 Å². The molecule has 0 N–H and O–H groups in total. The first kappa shape index (κ1) is 15.3. The molecule has 0 aromatic rings. The Morgan fingerprint density at radius 3 is 2.62 bits per heavy atom. The molecule has 1 aliphatic rings. The molecule has 2 nitrogen and oxygen atoms in total. The molecule has 1 aliphatic heterocycles. The van der Waals surface area contributed by atoms with Gasteiger partial charge in [-0.15, -0.1) is 0 Å². The van der Waals surface area contributed by atoms with E-state index in [-0.39, 0.29) is 0 Å². The maximum Gasteiger partial charge on any atom is 0.156 e. The van der Waals surface area contributed by atoms with E-state index in [1.165, 1.54) is 0 Å². The van der Waals surface area contributed by atoms with Crippen LogP contribution in [0.4, 0.5) is 0 Å². The Morgan fingerprint density at radius 1 is 1.50 bits per heavy atom. The number of hydrogen-bond acceptors (Lipinski definition) is 2. The van der Waals surface area contributed by atoms with E-state index in [0.717, 1.165) is 35.5 Å². The van der Waals surface area contributed by atoms with Gasteiger partial charge < -0.3 is 9.64 Å². The predicted molar refractivity (Wildman–Crippen MR) is 74.5 cm³/mol. The number of allylic oxidation sites excluding steroid dienone is 3. The van der Waals surface area contributed by atoms with Crippen LogP contribution in [-0.2, 0) is 4.74 Å². The SMILES string of the molecule is C=C(Br)C1=C(/C=C\C)N(C)CCCO1.CC. The maximum absolute atomic E-state index is 5.64. The average molecular weight is 288 g/mol. The number of ether oxygens (including phenoxy) is 1. The minimum atomic E-state index is 0.755. The lowest BCUT2D eigenvalue weighted by molar-refractivity contribution is 0.225. The molecule has 3 heteroatoms. The standard InChI is InChI=1S/C11H16BrNO.C2H6/c1-4-6-10-11(9(2)12)14-8-5-7-13(10)3;1-2/h4,6H,2,5,7-8H2,1,3H3;1-2H3/b6-4-;. The zero-order valence-electron chi connectivity index (χ0n) is 10.7. The van der Waals surface area contributed by atoms with Crippen LogP contribution in [0.15, 0.2) is 34.7 Å². The fraction of sp³-hybridized carbons (Fsp3) is 0.538. The van der Waals surface area contributed by atoms with Gasteiger partial charge in [-0.05, 0) is 35.4 Å². The van der Waals surface area contributed by atoms with E-state index in [2.05, 4.69) is 34.5 Å². The summed E-state index contributed by atoms with van der Waals surface area (Å²) in [5, 5.41) is 0. The highest BCUT2D eigenvalue weighted by Crippen LogP contribution is 2.25. The van der Waals surface area contributed by atoms with Gasteiger partial charge in [0.15, 0.2) is 5.76 Å². The van der Waals surface area contributed by atoms with Crippen molar-refractivity contribution in [1.29, 1.82) is 0 Å². The Kier molecular flexibility index (Phi) is 8.08. The van der Waals surface area contributed by atoms with Crippen molar-refractivity contribution < 1.29 is 4.74 Å². The van der Waals surface area contributed by atoms with E-state index in [4.69, 9.17) is 4.74 Å². The normalized spacial score (nSPS) is 16.4. The highest BCUT2D eigenvalue weighted by Gasteiger charge is 2.15. The topological polar surface area (TPSA) is 12.5 Å². The second-order valence-electron chi connectivity index (χ2n) is 3.24. The molecule has 1 rings (SSSR count). The molecule has 0 bridgehead atoms. The molecule has 92 valence electrons. The van der Waals surface area contributed by atoms with Gasteiger partial charge in [-0.25, -0.2) is 0 Å². The monoisotopic (exact) mass is 287 g/mol. The van der Waals surface area contributed by atoms with E-state index in [1.54, 1.807) is 0 Å². The summed E-state index contributed by atoms with van der Waals surface area (Å²) in [4.78, 5) is 2.19. The summed E-state index contributed by atoms with van der Waals surface area (Å²) in [6.07, 6.45) is 5.10. The van der Waals surface area contributed by atoms with Crippen molar-refractivity contribution in [2.24, 2.45) is 0 Å². The van der Waals surface area contributed by atoms with Crippen LogP contribution in [0.5, 0.6) is 0 Å². The van der Waals surface area contributed by atoms with E-state index in [0.29, 0.717) is 0 Å². The van der Waals surface area contributed by atoms with Gasteiger partial charge in [0.05, 0.1) is 16.8 Å². The van der Waals surface area contributed by atoms with Gasteiger partial charge in [-0.1, -0.05) is 26.5 Å². The van der Waals surface area contributed by atoms with Crippen LogP contribution in [0.2, 0.25) is 0 Å². The summed E-state index contributed by atoms with van der Waals surface area (Å²) >= 11 is 3.37. The van der Waals surface area contributed by atoms with Crippen molar-refractivity contribution in [3.8, 4) is 0 Å². The number of halogens is 1. The first-order valence-corrected chi connectivity index (χ1v) is 6.51. The Bertz CT molecular complexity index is 282. The van der Waals surface area contributed by atoms with E-state index < -0.39 is 0 Å². The summed E-state index contributed by atoms with van der Waals surface area (Å²) in [5.41, 5.74) is 1.09. The molecular formula is C13H22BrNO. The van der Waals surface area contributed by atoms with Crippen molar-refractivity contribution >= 4 is 15.9 Å². The minimum absolute atomic E-state index is 0.755. The molecule has 0 saturated carbocycles. The molecule has 0 aromatic carbocycles. The zero-order valence-corrected chi connectivity index (χ0v) is 12.3. The lowest BCUT2D eigenvalue weighted by Crippen LogP contribution is -2.17. The zero-order chi connectivity index (χ0) is 12.6. The molecule has 0 aliphatic carbocycles. The maximum atomic E-state index is 5.64. The molecule has 0 fully saturated rings. The van der Waals surface area contributed by atoms with E-state index in [1.807, 2.05) is 32.9 Å². The molecule has 0 radical (unpaired) electrons. The quantitative estimate of drug-likeness (QED) is 0.759. The highest BCUT2D eigenvalue weighted by atomic mass is 79.9. The van der Waals surface area contributed by atoms with Crippen LogP contribution in [-0.4, -0.2) is 25.1 Å². The van der Waals surface area contributed by atoms with Crippen molar-refractivity contribution in [2.45, 2.75) is 27.2 Å². The lowest BCUT2D eigenvalue weighted by Gasteiger charge is -2.19. The Morgan fingerprint density at radius 2 is 2.12 bits per heavy atom. The lowest BCUT2D eigenvalue weighted by atomic mass is 10.3. The Hall–Kier alpha value is -0.700. The van der Waals surface area contributed by atoms with Crippen LogP contribution in [0.1, 0.15) is 27.2 Å². The smallest absolute Gasteiger partial charge is 0.156 e. The van der Waals surface area contributed by atoms with Gasteiger partial charge in [-0.2, -0.15) is 0 Å². The third kappa shape index (κ3) is 4.44. The number of rotatable bonds is 2. The number of likely N-dealkylation sites (N-methyl/N-ethyl adjacent to an activating group) is 1. The van der Waals surface area contributed by atoms with Crippen molar-refractivity contribution in [3.05, 3.63) is 34.7 Å². The van der Waals surface area contributed by atoms with Gasteiger partial charge in [0, 0.05) is 13.6 Å². The second kappa shape index (κ2) is 8.45. The Labute approximate surface area is 108 Å². The van der Waals surface area contributed by atoms with Crippen molar-refractivity contribution in [2.75, 3.05) is 20.2 Å². The van der Waals surface area contributed by atoms with Gasteiger partial charge in [0.2, 0.25) is 0 Å². The molecule has 0 saturated heterocycles. The second-order valence-corrected chi connectivity index (χ2v) is 4.20. The third-order valence-corrected chi connectivity index (χ3v) is 2.46.